The maximum absolute atomic E-state index is 11.0. The molecule has 0 aromatic carbocycles. The summed E-state index contributed by atoms with van der Waals surface area (Å²) in [5.74, 6) is 1.05. The lowest BCUT2D eigenvalue weighted by atomic mass is 10.0. The van der Waals surface area contributed by atoms with Crippen LogP contribution in [0.4, 0.5) is 0 Å². The smallest absolute Gasteiger partial charge is 0.159 e. The van der Waals surface area contributed by atoms with Crippen LogP contribution in [0.1, 0.15) is 32.1 Å². The highest BCUT2D eigenvalue weighted by molar-refractivity contribution is 5.90. The number of methoxy groups -OCH3 is 1. The predicted octanol–water partition coefficient (Wildman–Crippen LogP) is 2.05. The van der Waals surface area contributed by atoms with Crippen molar-refractivity contribution in [1.82, 2.24) is 0 Å². The molecule has 0 radical (unpaired) electrons. The molecule has 0 aromatic heterocycles. The Morgan fingerprint density at radius 3 is 2.73 bits per heavy atom. The summed E-state index contributed by atoms with van der Waals surface area (Å²) in [7, 11) is 1.63. The van der Waals surface area contributed by atoms with E-state index in [2.05, 4.69) is 0 Å². The summed E-state index contributed by atoms with van der Waals surface area (Å²) in [6.07, 6.45) is 6.57. The van der Waals surface area contributed by atoms with Gasteiger partial charge in [-0.05, 0) is 12.8 Å². The lowest BCUT2D eigenvalue weighted by molar-refractivity contribution is -0.115. The van der Waals surface area contributed by atoms with E-state index in [1.165, 1.54) is 0 Å². The van der Waals surface area contributed by atoms with E-state index < -0.39 is 0 Å². The number of hydrogen-bond acceptors (Lipinski definition) is 2. The summed E-state index contributed by atoms with van der Waals surface area (Å²) < 4.78 is 5.04. The van der Waals surface area contributed by atoms with Crippen LogP contribution < -0.4 is 0 Å². The van der Waals surface area contributed by atoms with Gasteiger partial charge >= 0.3 is 0 Å². The van der Waals surface area contributed by atoms with E-state index in [9.17, 15) is 4.79 Å². The second-order valence-corrected chi connectivity index (χ2v) is 2.84. The van der Waals surface area contributed by atoms with Gasteiger partial charge in [-0.15, -0.1) is 0 Å². The molecule has 0 saturated heterocycles. The fourth-order valence-corrected chi connectivity index (χ4v) is 1.26. The van der Waals surface area contributed by atoms with Crippen LogP contribution in [0.3, 0.4) is 0 Å². The van der Waals surface area contributed by atoms with Crippen LogP contribution in [0.25, 0.3) is 0 Å². The number of allylic oxidation sites excluding steroid dienone is 2. The molecule has 0 bridgehead atoms. The Kier molecular flexibility index (Phi) is 3.14. The van der Waals surface area contributed by atoms with Crippen molar-refractivity contribution in [2.45, 2.75) is 32.1 Å². The Bertz CT molecular complexity index is 170. The van der Waals surface area contributed by atoms with Gasteiger partial charge in [0.25, 0.3) is 0 Å². The van der Waals surface area contributed by atoms with Crippen LogP contribution in [-0.4, -0.2) is 12.9 Å². The molecule has 0 amide bonds. The fraction of sp³-hybridized carbons (Fsp3) is 0.667. The molecule has 0 fully saturated rings. The average Bonchev–Trinajstić information content (AvgIpc) is 1.96. The molecule has 11 heavy (non-hydrogen) atoms. The normalized spacial score (nSPS) is 24.8. The van der Waals surface area contributed by atoms with Gasteiger partial charge in [0, 0.05) is 18.9 Å². The highest BCUT2D eigenvalue weighted by atomic mass is 16.5. The number of carbonyl (C=O) groups excluding carboxylic acids is 1. The predicted molar refractivity (Wildman–Crippen MR) is 43.2 cm³/mol. The summed E-state index contributed by atoms with van der Waals surface area (Å²) in [6.45, 7) is 0. The molecule has 0 spiro atoms. The molecule has 0 aromatic rings. The van der Waals surface area contributed by atoms with E-state index in [4.69, 9.17) is 4.74 Å². The van der Waals surface area contributed by atoms with Crippen molar-refractivity contribution in [2.24, 2.45) is 0 Å². The maximum Gasteiger partial charge on any atom is 0.159 e. The Morgan fingerprint density at radius 1 is 1.27 bits per heavy atom. The summed E-state index contributed by atoms with van der Waals surface area (Å²) in [5, 5.41) is 0. The second kappa shape index (κ2) is 4.16. The van der Waals surface area contributed by atoms with Crippen LogP contribution in [-0.2, 0) is 9.53 Å². The quantitative estimate of drug-likeness (QED) is 0.577. The highest BCUT2D eigenvalue weighted by Crippen LogP contribution is 2.15. The Labute approximate surface area is 67.2 Å². The van der Waals surface area contributed by atoms with E-state index in [1.807, 2.05) is 0 Å². The SMILES string of the molecule is CO/C1=C/C(=O)CCCCC1. The van der Waals surface area contributed by atoms with Gasteiger partial charge in [-0.1, -0.05) is 6.42 Å². The first kappa shape index (κ1) is 8.31. The maximum atomic E-state index is 11.0. The van der Waals surface area contributed by atoms with Gasteiger partial charge in [-0.2, -0.15) is 0 Å². The van der Waals surface area contributed by atoms with E-state index in [1.54, 1.807) is 13.2 Å². The molecular formula is C9H14O2. The monoisotopic (exact) mass is 154 g/mol. The summed E-state index contributed by atoms with van der Waals surface area (Å²) in [5.41, 5.74) is 0. The lowest BCUT2D eigenvalue weighted by Gasteiger charge is -2.08. The van der Waals surface area contributed by atoms with Crippen molar-refractivity contribution in [3.8, 4) is 0 Å². The zero-order valence-corrected chi connectivity index (χ0v) is 6.93. The van der Waals surface area contributed by atoms with Crippen LogP contribution in [0.15, 0.2) is 11.8 Å². The van der Waals surface area contributed by atoms with Crippen LogP contribution >= 0.6 is 0 Å². The first-order valence-electron chi connectivity index (χ1n) is 4.10. The minimum Gasteiger partial charge on any atom is -0.501 e. The minimum absolute atomic E-state index is 0.210. The molecule has 0 saturated carbocycles. The number of ketones is 1. The molecule has 1 aliphatic carbocycles. The van der Waals surface area contributed by atoms with E-state index in [0.29, 0.717) is 6.42 Å². The van der Waals surface area contributed by atoms with Gasteiger partial charge in [0.05, 0.1) is 12.9 Å². The average molecular weight is 154 g/mol. The summed E-state index contributed by atoms with van der Waals surface area (Å²) in [6, 6.07) is 0. The number of carbonyl (C=O) groups is 1. The summed E-state index contributed by atoms with van der Waals surface area (Å²) >= 11 is 0. The highest BCUT2D eigenvalue weighted by Gasteiger charge is 2.06. The Balaban J connectivity index is 2.57. The molecule has 2 nitrogen and oxygen atoms in total. The van der Waals surface area contributed by atoms with Crippen molar-refractivity contribution in [1.29, 1.82) is 0 Å². The van der Waals surface area contributed by atoms with Crippen molar-refractivity contribution in [3.05, 3.63) is 11.8 Å². The van der Waals surface area contributed by atoms with E-state index in [-0.39, 0.29) is 5.78 Å². The second-order valence-electron chi connectivity index (χ2n) is 2.84. The van der Waals surface area contributed by atoms with Gasteiger partial charge < -0.3 is 4.74 Å². The summed E-state index contributed by atoms with van der Waals surface area (Å²) in [4.78, 5) is 11.0. The van der Waals surface area contributed by atoms with E-state index in [0.717, 1.165) is 31.4 Å². The minimum atomic E-state index is 0.210. The van der Waals surface area contributed by atoms with Crippen molar-refractivity contribution < 1.29 is 9.53 Å². The van der Waals surface area contributed by atoms with Crippen LogP contribution in [0, 0.1) is 0 Å². The van der Waals surface area contributed by atoms with E-state index >= 15 is 0 Å². The molecule has 2 heteroatoms. The molecule has 0 unspecified atom stereocenters. The van der Waals surface area contributed by atoms with Gasteiger partial charge in [-0.3, -0.25) is 4.79 Å². The molecule has 0 atom stereocenters. The zero-order chi connectivity index (χ0) is 8.10. The third-order valence-electron chi connectivity index (χ3n) is 1.93. The topological polar surface area (TPSA) is 26.3 Å². The zero-order valence-electron chi connectivity index (χ0n) is 6.93. The standard InChI is InChI=1S/C9H14O2/c1-11-9-6-4-2-3-5-8(10)7-9/h7H,2-6H2,1H3/b9-7+. The van der Waals surface area contributed by atoms with Gasteiger partial charge in [0.2, 0.25) is 0 Å². The Hall–Kier alpha value is -0.790. The number of ether oxygens (including phenoxy) is 1. The molecular weight excluding hydrogens is 140 g/mol. The van der Waals surface area contributed by atoms with Crippen LogP contribution in [0.5, 0.6) is 0 Å². The van der Waals surface area contributed by atoms with Crippen molar-refractivity contribution >= 4 is 5.78 Å². The van der Waals surface area contributed by atoms with Crippen molar-refractivity contribution in [2.75, 3.05) is 7.11 Å². The van der Waals surface area contributed by atoms with Crippen molar-refractivity contribution in [3.63, 3.8) is 0 Å². The first-order valence-corrected chi connectivity index (χ1v) is 4.10. The third kappa shape index (κ3) is 2.74. The molecule has 0 heterocycles. The fourth-order valence-electron chi connectivity index (χ4n) is 1.26. The Morgan fingerprint density at radius 2 is 2.00 bits per heavy atom. The third-order valence-corrected chi connectivity index (χ3v) is 1.93. The largest absolute Gasteiger partial charge is 0.501 e. The molecule has 1 aliphatic rings. The molecule has 62 valence electrons. The molecule has 0 aliphatic heterocycles. The van der Waals surface area contributed by atoms with Gasteiger partial charge in [0.1, 0.15) is 0 Å². The van der Waals surface area contributed by atoms with Gasteiger partial charge in [0.15, 0.2) is 5.78 Å². The molecule has 0 N–H and O–H groups in total. The van der Waals surface area contributed by atoms with Crippen LogP contribution in [0.2, 0.25) is 0 Å². The lowest BCUT2D eigenvalue weighted by Crippen LogP contribution is -2.00. The number of rotatable bonds is 1. The van der Waals surface area contributed by atoms with Gasteiger partial charge in [-0.25, -0.2) is 0 Å². The first-order chi connectivity index (χ1) is 5.33. The molecule has 1 rings (SSSR count). The number of hydrogen-bond donors (Lipinski definition) is 0.